The second-order valence-corrected chi connectivity index (χ2v) is 9.31. The van der Waals surface area contributed by atoms with Gasteiger partial charge in [-0.3, -0.25) is 0 Å². The molecule has 1 atom stereocenters. The fourth-order valence-electron chi connectivity index (χ4n) is 3.92. The minimum Gasteiger partial charge on any atom is -0.480 e. The van der Waals surface area contributed by atoms with E-state index in [1.165, 1.54) is 11.1 Å². The van der Waals surface area contributed by atoms with Gasteiger partial charge in [-0.1, -0.05) is 42.5 Å². The first kappa shape index (κ1) is 25.1. The van der Waals surface area contributed by atoms with Crippen LogP contribution in [0.1, 0.15) is 56.7 Å². The van der Waals surface area contributed by atoms with Crippen molar-refractivity contribution in [2.45, 2.75) is 64.7 Å². The second kappa shape index (κ2) is 11.0. The number of unbranched alkanes of at least 4 members (excludes halogenated alkanes) is 1. The van der Waals surface area contributed by atoms with Crippen LogP contribution in [0.15, 0.2) is 42.5 Å². The third kappa shape index (κ3) is 6.97. The summed E-state index contributed by atoms with van der Waals surface area (Å²) >= 11 is 0. The van der Waals surface area contributed by atoms with E-state index in [4.69, 9.17) is 9.47 Å². The van der Waals surface area contributed by atoms with Crippen LogP contribution in [0.3, 0.4) is 0 Å². The maximum absolute atomic E-state index is 12.3. The van der Waals surface area contributed by atoms with Gasteiger partial charge in [-0.05, 0) is 74.3 Å². The topological polar surface area (TPSA) is 114 Å². The Balaban J connectivity index is 1.44. The summed E-state index contributed by atoms with van der Waals surface area (Å²) in [6.07, 6.45) is 0.762. The van der Waals surface area contributed by atoms with Gasteiger partial charge in [0.15, 0.2) is 0 Å². The van der Waals surface area contributed by atoms with E-state index in [2.05, 4.69) is 28.8 Å². The number of carboxylic acids is 1. The number of ether oxygens (including phenoxy) is 2. The molecule has 182 valence electrons. The number of hydrogen-bond acceptors (Lipinski definition) is 5. The zero-order valence-corrected chi connectivity index (χ0v) is 19.8. The molecular formula is C26H32N2O6. The quantitative estimate of drug-likeness (QED) is 0.395. The van der Waals surface area contributed by atoms with Crippen molar-refractivity contribution in [2.24, 2.45) is 0 Å². The zero-order chi connectivity index (χ0) is 24.7. The predicted molar refractivity (Wildman–Crippen MR) is 128 cm³/mol. The van der Waals surface area contributed by atoms with Crippen LogP contribution in [0.5, 0.6) is 0 Å². The zero-order valence-electron chi connectivity index (χ0n) is 19.8. The van der Waals surface area contributed by atoms with E-state index >= 15 is 0 Å². The van der Waals surface area contributed by atoms with Crippen molar-refractivity contribution in [3.05, 3.63) is 59.2 Å². The summed E-state index contributed by atoms with van der Waals surface area (Å²) < 4.78 is 10.5. The van der Waals surface area contributed by atoms with Crippen LogP contribution in [-0.2, 0) is 27.3 Å². The summed E-state index contributed by atoms with van der Waals surface area (Å²) in [5, 5.41) is 14.5. The molecule has 0 saturated heterocycles. The molecule has 0 radical (unpaired) electrons. The molecular weight excluding hydrogens is 436 g/mol. The summed E-state index contributed by atoms with van der Waals surface area (Å²) in [7, 11) is 0. The van der Waals surface area contributed by atoms with Gasteiger partial charge < -0.3 is 25.2 Å². The van der Waals surface area contributed by atoms with Gasteiger partial charge in [0.2, 0.25) is 0 Å². The van der Waals surface area contributed by atoms with Gasteiger partial charge in [-0.2, -0.15) is 0 Å². The van der Waals surface area contributed by atoms with Crippen molar-refractivity contribution < 1.29 is 29.0 Å². The molecule has 0 bridgehead atoms. The van der Waals surface area contributed by atoms with Crippen molar-refractivity contribution in [1.29, 1.82) is 0 Å². The van der Waals surface area contributed by atoms with Crippen LogP contribution < -0.4 is 10.6 Å². The number of carbonyl (C=O) groups excluding carboxylic acids is 2. The van der Waals surface area contributed by atoms with Crippen molar-refractivity contribution in [3.63, 3.8) is 0 Å². The number of carboxylic acid groups (broad SMARTS) is 1. The van der Waals surface area contributed by atoms with Crippen molar-refractivity contribution >= 4 is 18.2 Å². The molecule has 34 heavy (non-hydrogen) atoms. The normalized spacial score (nSPS) is 12.8. The monoisotopic (exact) mass is 468 g/mol. The molecule has 0 aromatic heterocycles. The lowest BCUT2D eigenvalue weighted by atomic mass is 10.0. The molecule has 2 aromatic carbocycles. The standard InChI is InChI=1S/C26H32N2O6/c1-26(2,3)34-24(31)27-14-7-6-13-22(23(29)30)28-25(32)33-16-18-10-8-12-20-19-11-5-4-9-17(19)15-21(18)20/h4-5,8-12,22H,6-7,13-16H2,1-3H3,(H,27,31)(H,28,32)(H,29,30)/t22-/m1/s1. The molecule has 8 nitrogen and oxygen atoms in total. The molecule has 2 aromatic rings. The van der Waals surface area contributed by atoms with Crippen LogP contribution in [0.2, 0.25) is 0 Å². The molecule has 1 aliphatic rings. The van der Waals surface area contributed by atoms with Crippen LogP contribution in [0.4, 0.5) is 9.59 Å². The third-order valence-electron chi connectivity index (χ3n) is 5.48. The van der Waals surface area contributed by atoms with E-state index < -0.39 is 29.8 Å². The number of hydrogen-bond donors (Lipinski definition) is 3. The van der Waals surface area contributed by atoms with E-state index in [0.29, 0.717) is 19.4 Å². The average Bonchev–Trinajstić information content (AvgIpc) is 3.14. The van der Waals surface area contributed by atoms with E-state index in [1.807, 2.05) is 24.3 Å². The maximum atomic E-state index is 12.3. The van der Waals surface area contributed by atoms with E-state index in [0.717, 1.165) is 23.1 Å². The molecule has 2 amide bonds. The first-order chi connectivity index (χ1) is 16.1. The van der Waals surface area contributed by atoms with E-state index in [-0.39, 0.29) is 13.0 Å². The minimum absolute atomic E-state index is 0.0646. The highest BCUT2D eigenvalue weighted by atomic mass is 16.6. The largest absolute Gasteiger partial charge is 0.480 e. The first-order valence-corrected chi connectivity index (χ1v) is 11.5. The molecule has 3 rings (SSSR count). The lowest BCUT2D eigenvalue weighted by Crippen LogP contribution is -2.41. The van der Waals surface area contributed by atoms with Crippen molar-refractivity contribution in [2.75, 3.05) is 6.54 Å². The van der Waals surface area contributed by atoms with Crippen LogP contribution in [0.25, 0.3) is 11.1 Å². The highest BCUT2D eigenvalue weighted by Gasteiger charge is 2.23. The average molecular weight is 469 g/mol. The number of amides is 2. The molecule has 0 saturated carbocycles. The van der Waals surface area contributed by atoms with Crippen molar-refractivity contribution in [1.82, 2.24) is 10.6 Å². The SMILES string of the molecule is CC(C)(C)OC(=O)NCCCC[C@@H](NC(=O)OCc1cccc2c1Cc1ccccc1-2)C(=O)O. The molecule has 3 N–H and O–H groups in total. The summed E-state index contributed by atoms with van der Waals surface area (Å²) in [4.78, 5) is 35.5. The maximum Gasteiger partial charge on any atom is 0.408 e. The number of fused-ring (bicyclic) bond motifs is 3. The van der Waals surface area contributed by atoms with E-state index in [9.17, 15) is 19.5 Å². The summed E-state index contributed by atoms with van der Waals surface area (Å²) in [6.45, 7) is 5.75. The highest BCUT2D eigenvalue weighted by Crippen LogP contribution is 2.38. The predicted octanol–water partition coefficient (Wildman–Crippen LogP) is 4.63. The van der Waals surface area contributed by atoms with Gasteiger partial charge in [-0.15, -0.1) is 0 Å². The highest BCUT2D eigenvalue weighted by molar-refractivity contribution is 5.80. The lowest BCUT2D eigenvalue weighted by molar-refractivity contribution is -0.139. The van der Waals surface area contributed by atoms with Gasteiger partial charge in [0.25, 0.3) is 0 Å². The Labute approximate surface area is 199 Å². The fraction of sp³-hybridized carbons (Fsp3) is 0.423. The van der Waals surface area contributed by atoms with Crippen molar-refractivity contribution in [3.8, 4) is 11.1 Å². The third-order valence-corrected chi connectivity index (χ3v) is 5.48. The number of rotatable bonds is 9. The molecule has 8 heteroatoms. The van der Waals surface area contributed by atoms with Gasteiger partial charge in [0.05, 0.1) is 0 Å². The fourth-order valence-corrected chi connectivity index (χ4v) is 3.92. The second-order valence-electron chi connectivity index (χ2n) is 9.31. The van der Waals surface area contributed by atoms with E-state index in [1.54, 1.807) is 20.8 Å². The Morgan fingerprint density at radius 3 is 2.47 bits per heavy atom. The van der Waals surface area contributed by atoms with Gasteiger partial charge in [0, 0.05) is 6.54 Å². The Morgan fingerprint density at radius 2 is 1.74 bits per heavy atom. The van der Waals surface area contributed by atoms with Crippen LogP contribution >= 0.6 is 0 Å². The van der Waals surface area contributed by atoms with Gasteiger partial charge >= 0.3 is 18.2 Å². The number of nitrogens with one attached hydrogen (secondary N) is 2. The Bertz CT molecular complexity index is 1040. The Morgan fingerprint density at radius 1 is 1.00 bits per heavy atom. The van der Waals surface area contributed by atoms with Gasteiger partial charge in [-0.25, -0.2) is 14.4 Å². The molecule has 0 unspecified atom stereocenters. The Kier molecular flexibility index (Phi) is 8.15. The number of carbonyl (C=O) groups is 3. The van der Waals surface area contributed by atoms with Crippen LogP contribution in [-0.4, -0.2) is 41.4 Å². The lowest BCUT2D eigenvalue weighted by Gasteiger charge is -2.19. The Hall–Kier alpha value is -3.55. The number of aliphatic carboxylic acids is 1. The first-order valence-electron chi connectivity index (χ1n) is 11.5. The smallest absolute Gasteiger partial charge is 0.408 e. The molecule has 1 aliphatic carbocycles. The summed E-state index contributed by atoms with van der Waals surface area (Å²) in [6, 6.07) is 13.0. The number of alkyl carbamates (subject to hydrolysis) is 2. The molecule has 0 spiro atoms. The molecule has 0 heterocycles. The van der Waals surface area contributed by atoms with Crippen LogP contribution in [0, 0.1) is 0 Å². The molecule has 0 aliphatic heterocycles. The minimum atomic E-state index is -1.13. The summed E-state index contributed by atoms with van der Waals surface area (Å²) in [5.74, 6) is -1.13. The van der Waals surface area contributed by atoms with Gasteiger partial charge in [0.1, 0.15) is 18.2 Å². The number of benzene rings is 2. The molecule has 0 fully saturated rings. The summed E-state index contributed by atoms with van der Waals surface area (Å²) in [5.41, 5.74) is 5.03.